The highest BCUT2D eigenvalue weighted by Crippen LogP contribution is 2.25. The minimum absolute atomic E-state index is 0.0148. The fourth-order valence-electron chi connectivity index (χ4n) is 1.01. The summed E-state index contributed by atoms with van der Waals surface area (Å²) in [4.78, 5) is 9.92. The number of carboxylic acids is 1. The molecule has 1 aromatic rings. The lowest BCUT2D eigenvalue weighted by molar-refractivity contribution is 0.0692. The second-order valence-corrected chi connectivity index (χ2v) is 4.93. The molecular formula is C7H5Cl2NO5S. The summed E-state index contributed by atoms with van der Waals surface area (Å²) in [5.41, 5.74) is -0.553. The van der Waals surface area contributed by atoms with Crippen LogP contribution in [-0.4, -0.2) is 24.0 Å². The number of nitrogens with zero attached hydrogens (tertiary/aromatic N) is 1. The molecule has 0 saturated heterocycles. The van der Waals surface area contributed by atoms with Crippen molar-refractivity contribution in [3.63, 3.8) is 0 Å². The number of benzene rings is 1. The zero-order valence-corrected chi connectivity index (χ0v) is 9.79. The molecule has 0 fully saturated rings. The number of anilines is 1. The summed E-state index contributed by atoms with van der Waals surface area (Å²) in [7, 11) is -4.66. The van der Waals surface area contributed by atoms with E-state index in [1.807, 2.05) is 0 Å². The van der Waals surface area contributed by atoms with Crippen LogP contribution in [0.4, 0.5) is 5.69 Å². The summed E-state index contributed by atoms with van der Waals surface area (Å²) in [6, 6.07) is 3.01. The topological polar surface area (TPSA) is 94.9 Å². The van der Waals surface area contributed by atoms with Crippen LogP contribution in [0.25, 0.3) is 0 Å². The predicted molar refractivity (Wildman–Crippen MR) is 57.4 cm³/mol. The van der Waals surface area contributed by atoms with Crippen molar-refractivity contribution in [2.75, 3.05) is 3.94 Å². The van der Waals surface area contributed by atoms with Gasteiger partial charge in [0.25, 0.3) is 10.1 Å². The van der Waals surface area contributed by atoms with Gasteiger partial charge in [-0.1, -0.05) is 0 Å². The van der Waals surface area contributed by atoms with E-state index < -0.39 is 26.5 Å². The van der Waals surface area contributed by atoms with Crippen molar-refractivity contribution in [1.82, 2.24) is 0 Å². The first-order valence-corrected chi connectivity index (χ1v) is 5.81. The summed E-state index contributed by atoms with van der Waals surface area (Å²) in [6.07, 6.45) is 0. The fourth-order valence-corrected chi connectivity index (χ4v) is 1.92. The van der Waals surface area contributed by atoms with E-state index >= 15 is 0 Å². The third kappa shape index (κ3) is 2.76. The average molecular weight is 286 g/mol. The van der Waals surface area contributed by atoms with Crippen molar-refractivity contribution >= 4 is 45.3 Å². The van der Waals surface area contributed by atoms with E-state index in [1.165, 1.54) is 6.07 Å². The standard InChI is InChI=1S/C7H5Cl2NO5S/c8-10(9)4-1-2-5(7(11)12)6(3-4)16(13,14)15/h1-3H,(H,11,12)(H,13,14,15). The predicted octanol–water partition coefficient (Wildman–Crippen LogP) is 1.75. The van der Waals surface area contributed by atoms with Crippen LogP contribution in [0, 0.1) is 0 Å². The third-order valence-corrected chi connectivity index (χ3v) is 2.95. The van der Waals surface area contributed by atoms with Gasteiger partial charge in [0.15, 0.2) is 0 Å². The van der Waals surface area contributed by atoms with E-state index in [-0.39, 0.29) is 5.69 Å². The maximum absolute atomic E-state index is 10.9. The Bertz CT molecular complexity index is 528. The summed E-state index contributed by atoms with van der Waals surface area (Å²) in [6.45, 7) is 0. The first-order valence-electron chi connectivity index (χ1n) is 3.70. The van der Waals surface area contributed by atoms with Gasteiger partial charge >= 0.3 is 5.97 Å². The summed E-state index contributed by atoms with van der Waals surface area (Å²) in [5, 5.41) is 8.70. The second kappa shape index (κ2) is 4.46. The lowest BCUT2D eigenvalue weighted by Crippen LogP contribution is -2.09. The molecule has 0 amide bonds. The summed E-state index contributed by atoms with van der Waals surface area (Å²) < 4.78 is 31.2. The quantitative estimate of drug-likeness (QED) is 0.649. The molecule has 0 aliphatic rings. The molecular weight excluding hydrogens is 281 g/mol. The van der Waals surface area contributed by atoms with E-state index in [0.717, 1.165) is 12.1 Å². The monoisotopic (exact) mass is 285 g/mol. The molecule has 2 N–H and O–H groups in total. The number of halogens is 2. The fraction of sp³-hybridized carbons (Fsp3) is 0. The highest BCUT2D eigenvalue weighted by atomic mass is 35.5. The number of rotatable bonds is 3. The van der Waals surface area contributed by atoms with Crippen LogP contribution in [0.15, 0.2) is 23.1 Å². The van der Waals surface area contributed by atoms with Crippen molar-refractivity contribution in [1.29, 1.82) is 0 Å². The molecule has 0 radical (unpaired) electrons. The lowest BCUT2D eigenvalue weighted by atomic mass is 10.2. The Morgan fingerprint density at radius 3 is 2.25 bits per heavy atom. The Labute approximate surface area is 101 Å². The molecule has 88 valence electrons. The van der Waals surface area contributed by atoms with Crippen LogP contribution in [-0.2, 0) is 10.1 Å². The number of carbonyl (C=O) groups is 1. The van der Waals surface area contributed by atoms with E-state index in [0.29, 0.717) is 3.94 Å². The van der Waals surface area contributed by atoms with Crippen molar-refractivity contribution < 1.29 is 22.9 Å². The first-order chi connectivity index (χ1) is 7.23. The molecule has 16 heavy (non-hydrogen) atoms. The molecule has 6 nitrogen and oxygen atoms in total. The Balaban J connectivity index is 3.51. The van der Waals surface area contributed by atoms with E-state index in [2.05, 4.69) is 0 Å². The molecule has 0 aliphatic carbocycles. The Morgan fingerprint density at radius 1 is 1.31 bits per heavy atom. The smallest absolute Gasteiger partial charge is 0.337 e. The SMILES string of the molecule is O=C(O)c1ccc(N(Cl)Cl)cc1S(=O)(=O)O. The molecule has 1 rings (SSSR count). The number of carboxylic acid groups (broad SMARTS) is 1. The molecule has 0 heterocycles. The second-order valence-electron chi connectivity index (χ2n) is 2.69. The highest BCUT2D eigenvalue weighted by Gasteiger charge is 2.21. The van der Waals surface area contributed by atoms with Crippen LogP contribution in [0.5, 0.6) is 0 Å². The van der Waals surface area contributed by atoms with Gasteiger partial charge in [0.2, 0.25) is 0 Å². The van der Waals surface area contributed by atoms with Crippen molar-refractivity contribution in [2.24, 2.45) is 0 Å². The van der Waals surface area contributed by atoms with Crippen LogP contribution >= 0.6 is 23.6 Å². The third-order valence-electron chi connectivity index (χ3n) is 1.67. The molecule has 0 spiro atoms. The van der Waals surface area contributed by atoms with Gasteiger partial charge in [-0.2, -0.15) is 12.4 Å². The average Bonchev–Trinajstić information content (AvgIpc) is 2.15. The number of hydrogen-bond donors (Lipinski definition) is 2. The zero-order chi connectivity index (χ0) is 12.5. The van der Waals surface area contributed by atoms with E-state index in [1.54, 1.807) is 0 Å². The van der Waals surface area contributed by atoms with Gasteiger partial charge in [-0.15, -0.1) is 0 Å². The minimum atomic E-state index is -4.66. The highest BCUT2D eigenvalue weighted by molar-refractivity contribution is 7.86. The van der Waals surface area contributed by atoms with Crippen LogP contribution < -0.4 is 3.94 Å². The van der Waals surface area contributed by atoms with Gasteiger partial charge in [0, 0.05) is 23.6 Å². The van der Waals surface area contributed by atoms with E-state index in [4.69, 9.17) is 33.2 Å². The first kappa shape index (κ1) is 13.0. The van der Waals surface area contributed by atoms with Crippen molar-refractivity contribution in [2.45, 2.75) is 4.90 Å². The lowest BCUT2D eigenvalue weighted by Gasteiger charge is -2.08. The summed E-state index contributed by atoms with van der Waals surface area (Å²) >= 11 is 10.7. The molecule has 0 bridgehead atoms. The number of hydrogen-bond acceptors (Lipinski definition) is 4. The maximum atomic E-state index is 10.9. The zero-order valence-electron chi connectivity index (χ0n) is 7.46. The Morgan fingerprint density at radius 2 is 1.88 bits per heavy atom. The van der Waals surface area contributed by atoms with Gasteiger partial charge in [-0.3, -0.25) is 4.55 Å². The van der Waals surface area contributed by atoms with Gasteiger partial charge in [0.05, 0.1) is 11.3 Å². The van der Waals surface area contributed by atoms with Crippen molar-refractivity contribution in [3.05, 3.63) is 23.8 Å². The molecule has 0 aromatic heterocycles. The van der Waals surface area contributed by atoms with Crippen LogP contribution in [0.1, 0.15) is 10.4 Å². The minimum Gasteiger partial charge on any atom is -0.478 e. The van der Waals surface area contributed by atoms with Crippen LogP contribution in [0.3, 0.4) is 0 Å². The maximum Gasteiger partial charge on any atom is 0.337 e. The van der Waals surface area contributed by atoms with Gasteiger partial charge in [-0.05, 0) is 18.2 Å². The number of aromatic carboxylic acids is 1. The van der Waals surface area contributed by atoms with Crippen molar-refractivity contribution in [3.8, 4) is 0 Å². The van der Waals surface area contributed by atoms with Gasteiger partial charge in [-0.25, -0.2) is 4.79 Å². The summed E-state index contributed by atoms with van der Waals surface area (Å²) in [5.74, 6) is -1.49. The molecule has 0 saturated carbocycles. The Hall–Kier alpha value is -1.02. The molecule has 1 aromatic carbocycles. The van der Waals surface area contributed by atoms with Gasteiger partial charge in [0.1, 0.15) is 4.90 Å². The van der Waals surface area contributed by atoms with E-state index in [9.17, 15) is 13.2 Å². The van der Waals surface area contributed by atoms with Crippen LogP contribution in [0.2, 0.25) is 0 Å². The largest absolute Gasteiger partial charge is 0.478 e. The Kier molecular flexibility index (Phi) is 3.64. The molecule has 0 atom stereocenters. The normalized spacial score (nSPS) is 11.2. The molecule has 0 unspecified atom stereocenters. The molecule has 0 aliphatic heterocycles. The van der Waals surface area contributed by atoms with Gasteiger partial charge < -0.3 is 5.11 Å². The molecule has 9 heteroatoms.